The van der Waals surface area contributed by atoms with Crippen molar-refractivity contribution < 1.29 is 4.79 Å². The van der Waals surface area contributed by atoms with E-state index in [0.29, 0.717) is 16.5 Å². The van der Waals surface area contributed by atoms with Crippen LogP contribution in [0, 0.1) is 6.92 Å². The zero-order valence-corrected chi connectivity index (χ0v) is 11.3. The molecule has 1 aromatic carbocycles. The predicted octanol–water partition coefficient (Wildman–Crippen LogP) is 2.82. The number of anilines is 3. The molecule has 0 aliphatic carbocycles. The van der Waals surface area contributed by atoms with Gasteiger partial charge in [0.05, 0.1) is 11.4 Å². The average Bonchev–Trinajstić information content (AvgIpc) is 2.54. The summed E-state index contributed by atoms with van der Waals surface area (Å²) in [5, 5.41) is 6.69. The van der Waals surface area contributed by atoms with Gasteiger partial charge in [-0.15, -0.1) is 0 Å². The molecule has 0 atom stereocenters. The first-order valence-corrected chi connectivity index (χ1v) is 7.00. The molecule has 2 aromatic rings. The van der Waals surface area contributed by atoms with Gasteiger partial charge in [-0.3, -0.25) is 4.79 Å². The van der Waals surface area contributed by atoms with Crippen molar-refractivity contribution in [2.75, 3.05) is 16.9 Å². The van der Waals surface area contributed by atoms with E-state index in [0.717, 1.165) is 16.9 Å². The van der Waals surface area contributed by atoms with Crippen LogP contribution in [0.4, 0.5) is 17.2 Å². The molecule has 2 N–H and O–H groups in total. The largest absolute Gasteiger partial charge is 0.338 e. The maximum atomic E-state index is 12.1. The van der Waals surface area contributed by atoms with Gasteiger partial charge in [0.1, 0.15) is 11.4 Å². The van der Waals surface area contributed by atoms with Crippen molar-refractivity contribution in [3.63, 3.8) is 0 Å². The number of carbonyl (C=O) groups excluding carboxylic acids is 1. The second-order valence-electron chi connectivity index (χ2n) is 4.25. The molecule has 0 fully saturated rings. The van der Waals surface area contributed by atoms with E-state index >= 15 is 0 Å². The monoisotopic (exact) mass is 272 g/mol. The van der Waals surface area contributed by atoms with Gasteiger partial charge in [0.25, 0.3) is 5.91 Å². The average molecular weight is 272 g/mol. The SMILES string of the molecule is CSc1ncc2c(n1)Nc1cc(C)ccc1NC2=O. The van der Waals surface area contributed by atoms with Crippen LogP contribution < -0.4 is 10.6 Å². The minimum atomic E-state index is -0.197. The van der Waals surface area contributed by atoms with E-state index in [-0.39, 0.29) is 5.91 Å². The number of benzene rings is 1. The van der Waals surface area contributed by atoms with Crippen molar-refractivity contribution in [2.45, 2.75) is 12.1 Å². The van der Waals surface area contributed by atoms with E-state index < -0.39 is 0 Å². The minimum absolute atomic E-state index is 0.197. The standard InChI is InChI=1S/C13H12N4OS/c1-7-3-4-9-10(5-7)15-11-8(12(18)16-9)6-14-13(17-11)19-2/h3-6H,1-2H3,(H,16,18)(H,14,15,17). The Kier molecular flexibility index (Phi) is 2.87. The van der Waals surface area contributed by atoms with Crippen LogP contribution in [0.5, 0.6) is 0 Å². The fourth-order valence-corrected chi connectivity index (χ4v) is 2.25. The first kappa shape index (κ1) is 12.0. The molecule has 1 aromatic heterocycles. The maximum Gasteiger partial charge on any atom is 0.261 e. The Bertz CT molecular complexity index is 672. The summed E-state index contributed by atoms with van der Waals surface area (Å²) >= 11 is 1.44. The summed E-state index contributed by atoms with van der Waals surface area (Å²) in [4.78, 5) is 20.6. The molecular weight excluding hydrogens is 260 g/mol. The number of amides is 1. The lowest BCUT2D eigenvalue weighted by Gasteiger charge is -2.08. The highest BCUT2D eigenvalue weighted by molar-refractivity contribution is 7.98. The molecule has 0 spiro atoms. The molecule has 19 heavy (non-hydrogen) atoms. The summed E-state index contributed by atoms with van der Waals surface area (Å²) in [6.45, 7) is 2.00. The number of rotatable bonds is 1. The van der Waals surface area contributed by atoms with Gasteiger partial charge >= 0.3 is 0 Å². The molecule has 5 nitrogen and oxygen atoms in total. The molecule has 2 heterocycles. The van der Waals surface area contributed by atoms with Gasteiger partial charge in [0.2, 0.25) is 0 Å². The van der Waals surface area contributed by atoms with E-state index in [2.05, 4.69) is 20.6 Å². The maximum absolute atomic E-state index is 12.1. The highest BCUT2D eigenvalue weighted by Crippen LogP contribution is 2.31. The van der Waals surface area contributed by atoms with Crippen LogP contribution in [0.2, 0.25) is 0 Å². The van der Waals surface area contributed by atoms with Gasteiger partial charge < -0.3 is 10.6 Å². The highest BCUT2D eigenvalue weighted by atomic mass is 32.2. The third-order valence-corrected chi connectivity index (χ3v) is 3.43. The number of fused-ring (bicyclic) bond motifs is 2. The number of nitrogens with one attached hydrogen (secondary N) is 2. The second-order valence-corrected chi connectivity index (χ2v) is 5.02. The Morgan fingerprint density at radius 2 is 2.05 bits per heavy atom. The fourth-order valence-electron chi connectivity index (χ4n) is 1.91. The molecule has 1 aliphatic rings. The lowest BCUT2D eigenvalue weighted by Crippen LogP contribution is -2.12. The Balaban J connectivity index is 2.14. The highest BCUT2D eigenvalue weighted by Gasteiger charge is 2.20. The van der Waals surface area contributed by atoms with Crippen LogP contribution in [-0.2, 0) is 0 Å². The Morgan fingerprint density at radius 3 is 2.84 bits per heavy atom. The van der Waals surface area contributed by atoms with Crippen LogP contribution >= 0.6 is 11.8 Å². The van der Waals surface area contributed by atoms with Gasteiger partial charge in [-0.25, -0.2) is 9.97 Å². The topological polar surface area (TPSA) is 66.9 Å². The van der Waals surface area contributed by atoms with Crippen LogP contribution in [0.25, 0.3) is 0 Å². The number of hydrogen-bond donors (Lipinski definition) is 2. The van der Waals surface area contributed by atoms with E-state index in [1.54, 1.807) is 6.20 Å². The second kappa shape index (κ2) is 4.55. The van der Waals surface area contributed by atoms with Gasteiger partial charge in [0.15, 0.2) is 5.16 Å². The van der Waals surface area contributed by atoms with Crippen LogP contribution in [0.15, 0.2) is 29.6 Å². The van der Waals surface area contributed by atoms with Crippen LogP contribution in [0.3, 0.4) is 0 Å². The molecule has 1 amide bonds. The molecule has 0 unspecified atom stereocenters. The summed E-state index contributed by atoms with van der Waals surface area (Å²) in [5.74, 6) is 0.346. The number of aromatic nitrogens is 2. The smallest absolute Gasteiger partial charge is 0.261 e. The fraction of sp³-hybridized carbons (Fsp3) is 0.154. The minimum Gasteiger partial charge on any atom is -0.338 e. The third-order valence-electron chi connectivity index (χ3n) is 2.87. The van der Waals surface area contributed by atoms with Crippen LogP contribution in [-0.4, -0.2) is 22.1 Å². The summed E-state index contributed by atoms with van der Waals surface area (Å²) in [5.41, 5.74) is 3.16. The van der Waals surface area contributed by atoms with E-state index in [4.69, 9.17) is 0 Å². The number of thioether (sulfide) groups is 1. The van der Waals surface area contributed by atoms with E-state index in [9.17, 15) is 4.79 Å². The van der Waals surface area contributed by atoms with Gasteiger partial charge in [-0.2, -0.15) is 0 Å². The molecule has 0 radical (unpaired) electrons. The lowest BCUT2D eigenvalue weighted by atomic mass is 10.2. The number of hydrogen-bond acceptors (Lipinski definition) is 5. The molecule has 3 rings (SSSR count). The summed E-state index contributed by atoms with van der Waals surface area (Å²) in [6, 6.07) is 5.81. The molecule has 0 saturated heterocycles. The summed E-state index contributed by atoms with van der Waals surface area (Å²) in [7, 11) is 0. The quantitative estimate of drug-likeness (QED) is 0.617. The van der Waals surface area contributed by atoms with Crippen molar-refractivity contribution in [1.82, 2.24) is 9.97 Å². The number of aryl methyl sites for hydroxylation is 1. The van der Waals surface area contributed by atoms with Crippen LogP contribution in [0.1, 0.15) is 15.9 Å². The number of carbonyl (C=O) groups is 1. The normalized spacial score (nSPS) is 12.8. The van der Waals surface area contributed by atoms with Crippen molar-refractivity contribution in [3.05, 3.63) is 35.5 Å². The van der Waals surface area contributed by atoms with Crippen molar-refractivity contribution in [1.29, 1.82) is 0 Å². The van der Waals surface area contributed by atoms with E-state index in [1.165, 1.54) is 11.8 Å². The molecule has 96 valence electrons. The van der Waals surface area contributed by atoms with Gasteiger partial charge in [-0.05, 0) is 30.9 Å². The zero-order chi connectivity index (χ0) is 13.4. The lowest BCUT2D eigenvalue weighted by molar-refractivity contribution is 0.102. The zero-order valence-electron chi connectivity index (χ0n) is 10.5. The number of nitrogens with zero attached hydrogens (tertiary/aromatic N) is 2. The molecule has 6 heteroatoms. The van der Waals surface area contributed by atoms with Crippen molar-refractivity contribution in [2.24, 2.45) is 0 Å². The Morgan fingerprint density at radius 1 is 1.21 bits per heavy atom. The molecule has 1 aliphatic heterocycles. The predicted molar refractivity (Wildman–Crippen MR) is 76.2 cm³/mol. The summed E-state index contributed by atoms with van der Waals surface area (Å²) in [6.07, 6.45) is 3.45. The first-order chi connectivity index (χ1) is 9.17. The Labute approximate surface area is 114 Å². The van der Waals surface area contributed by atoms with E-state index in [1.807, 2.05) is 31.4 Å². The van der Waals surface area contributed by atoms with Crippen molar-refractivity contribution in [3.8, 4) is 0 Å². The van der Waals surface area contributed by atoms with Crippen molar-refractivity contribution >= 4 is 34.9 Å². The molecule has 0 saturated carbocycles. The summed E-state index contributed by atoms with van der Waals surface area (Å²) < 4.78 is 0. The molecule has 0 bridgehead atoms. The Hall–Kier alpha value is -2.08. The van der Waals surface area contributed by atoms with Gasteiger partial charge in [0, 0.05) is 6.20 Å². The van der Waals surface area contributed by atoms with Gasteiger partial charge in [-0.1, -0.05) is 17.8 Å². The first-order valence-electron chi connectivity index (χ1n) is 5.77. The molecular formula is C13H12N4OS. The third kappa shape index (κ3) is 2.15.